The first-order valence-corrected chi connectivity index (χ1v) is 12.0. The van der Waals surface area contributed by atoms with Gasteiger partial charge in [0.05, 0.1) is 16.8 Å². The van der Waals surface area contributed by atoms with Crippen LogP contribution in [0.5, 0.6) is 0 Å². The van der Waals surface area contributed by atoms with Crippen LogP contribution in [0.25, 0.3) is 22.3 Å². The van der Waals surface area contributed by atoms with E-state index >= 15 is 0 Å². The topological polar surface area (TPSA) is 70.0 Å². The fourth-order valence-electron chi connectivity index (χ4n) is 5.18. The first-order valence-electron chi connectivity index (χ1n) is 12.0. The van der Waals surface area contributed by atoms with Crippen molar-refractivity contribution in [3.63, 3.8) is 0 Å². The van der Waals surface area contributed by atoms with Gasteiger partial charge in [-0.1, -0.05) is 12.5 Å². The molecule has 4 aromatic heterocycles. The molecule has 6 rings (SSSR count). The number of fused-ring (bicyclic) bond motifs is 1. The Bertz CT molecular complexity index is 1650. The number of alkyl halides is 3. The Hall–Kier alpha value is -4.21. The van der Waals surface area contributed by atoms with Crippen molar-refractivity contribution in [2.24, 2.45) is 13.0 Å². The Morgan fingerprint density at radius 2 is 1.84 bits per heavy atom. The molecule has 0 spiro atoms. The molecule has 37 heavy (non-hydrogen) atoms. The number of hydrogen-bond acceptors (Lipinski definition) is 4. The van der Waals surface area contributed by atoms with Crippen molar-refractivity contribution in [3.8, 4) is 16.8 Å². The summed E-state index contributed by atoms with van der Waals surface area (Å²) in [5.41, 5.74) is 1.51. The summed E-state index contributed by atoms with van der Waals surface area (Å²) in [4.78, 5) is 17.4. The highest BCUT2D eigenvalue weighted by Gasteiger charge is 2.35. The number of rotatable bonds is 5. The molecule has 0 unspecified atom stereocenters. The van der Waals surface area contributed by atoms with Crippen molar-refractivity contribution in [3.05, 3.63) is 101 Å². The molecule has 0 saturated heterocycles. The summed E-state index contributed by atoms with van der Waals surface area (Å²) in [6.45, 7) is 0. The molecule has 1 fully saturated rings. The molecular weight excluding hydrogens is 481 g/mol. The second-order valence-corrected chi connectivity index (χ2v) is 9.47. The van der Waals surface area contributed by atoms with E-state index in [0.717, 1.165) is 52.2 Å². The standard InChI is InChI=1S/C27H23F3N6O/c1-34-16-32-33-25(34)24(18-4-2-5-18)20-12-19(17-7-9-31-10-8-17)13-21(14-20)36-15-23-22(27(28,29)30)6-3-11-35(23)26(36)37/h3,6-16,18,24H,2,4-5H2,1H3/t24-/m1/s1. The highest BCUT2D eigenvalue weighted by atomic mass is 19.4. The van der Waals surface area contributed by atoms with Gasteiger partial charge in [-0.15, -0.1) is 10.2 Å². The van der Waals surface area contributed by atoms with Gasteiger partial charge in [-0.3, -0.25) is 14.0 Å². The van der Waals surface area contributed by atoms with Gasteiger partial charge in [0.15, 0.2) is 0 Å². The van der Waals surface area contributed by atoms with Gasteiger partial charge in [-0.25, -0.2) is 4.79 Å². The van der Waals surface area contributed by atoms with Gasteiger partial charge >= 0.3 is 11.9 Å². The van der Waals surface area contributed by atoms with Crippen molar-refractivity contribution in [1.29, 1.82) is 0 Å². The number of pyridine rings is 2. The van der Waals surface area contributed by atoms with Crippen molar-refractivity contribution in [2.75, 3.05) is 0 Å². The van der Waals surface area contributed by atoms with Crippen LogP contribution in [-0.2, 0) is 13.2 Å². The molecule has 4 heterocycles. The molecule has 1 aliphatic carbocycles. The van der Waals surface area contributed by atoms with E-state index in [1.807, 2.05) is 35.9 Å². The summed E-state index contributed by atoms with van der Waals surface area (Å²) >= 11 is 0. The lowest BCUT2D eigenvalue weighted by atomic mass is 9.72. The van der Waals surface area contributed by atoms with E-state index in [-0.39, 0.29) is 11.4 Å². The fraction of sp³-hybridized carbons (Fsp3) is 0.259. The van der Waals surface area contributed by atoms with Crippen molar-refractivity contribution < 1.29 is 13.2 Å². The molecule has 0 amide bonds. The Morgan fingerprint density at radius 3 is 2.49 bits per heavy atom. The molecule has 10 heteroatoms. The largest absolute Gasteiger partial charge is 0.418 e. The number of benzene rings is 1. The van der Waals surface area contributed by atoms with E-state index in [2.05, 4.69) is 21.2 Å². The summed E-state index contributed by atoms with van der Waals surface area (Å²) in [5.74, 6) is 1.10. The van der Waals surface area contributed by atoms with E-state index < -0.39 is 17.4 Å². The van der Waals surface area contributed by atoms with Gasteiger partial charge in [0.1, 0.15) is 12.2 Å². The Labute approximate surface area is 209 Å². The van der Waals surface area contributed by atoms with Crippen molar-refractivity contribution in [1.82, 2.24) is 28.7 Å². The maximum Gasteiger partial charge on any atom is 0.418 e. The van der Waals surface area contributed by atoms with E-state index in [1.165, 1.54) is 23.0 Å². The smallest absolute Gasteiger partial charge is 0.320 e. The van der Waals surface area contributed by atoms with Crippen LogP contribution >= 0.6 is 0 Å². The molecule has 0 aliphatic heterocycles. The van der Waals surface area contributed by atoms with Gasteiger partial charge < -0.3 is 4.57 Å². The minimum Gasteiger partial charge on any atom is -0.320 e. The predicted octanol–water partition coefficient (Wildman–Crippen LogP) is 5.23. The van der Waals surface area contributed by atoms with Gasteiger partial charge in [-0.05, 0) is 71.8 Å². The summed E-state index contributed by atoms with van der Waals surface area (Å²) in [5, 5.41) is 8.48. The molecule has 0 bridgehead atoms. The first-order chi connectivity index (χ1) is 17.8. The normalized spacial score (nSPS) is 15.1. The van der Waals surface area contributed by atoms with Gasteiger partial charge in [0, 0.05) is 37.8 Å². The number of nitrogens with zero attached hydrogens (tertiary/aromatic N) is 6. The van der Waals surface area contributed by atoms with Crippen molar-refractivity contribution in [2.45, 2.75) is 31.4 Å². The van der Waals surface area contributed by atoms with Crippen LogP contribution in [0.2, 0.25) is 0 Å². The van der Waals surface area contributed by atoms with E-state index in [9.17, 15) is 18.0 Å². The molecule has 1 atom stereocenters. The zero-order chi connectivity index (χ0) is 25.7. The van der Waals surface area contributed by atoms with Gasteiger partial charge in [-0.2, -0.15) is 13.2 Å². The zero-order valence-electron chi connectivity index (χ0n) is 19.9. The van der Waals surface area contributed by atoms with Gasteiger partial charge in [0.2, 0.25) is 0 Å². The Kier molecular flexibility index (Phi) is 5.47. The average Bonchev–Trinajstić information content (AvgIpc) is 3.43. The van der Waals surface area contributed by atoms with Crippen LogP contribution in [0.4, 0.5) is 13.2 Å². The third kappa shape index (κ3) is 4.02. The second-order valence-electron chi connectivity index (χ2n) is 9.47. The Morgan fingerprint density at radius 1 is 1.05 bits per heavy atom. The maximum absolute atomic E-state index is 13.7. The number of imidazole rings is 1. The minimum atomic E-state index is -4.59. The summed E-state index contributed by atoms with van der Waals surface area (Å²) in [6, 6.07) is 11.7. The molecule has 1 aliphatic rings. The fourth-order valence-corrected chi connectivity index (χ4v) is 5.18. The monoisotopic (exact) mass is 504 g/mol. The molecule has 1 saturated carbocycles. The molecule has 188 valence electrons. The van der Waals surface area contributed by atoms with E-state index in [1.54, 1.807) is 18.7 Å². The van der Waals surface area contributed by atoms with Crippen LogP contribution in [0.15, 0.2) is 78.4 Å². The average molecular weight is 505 g/mol. The first kappa shape index (κ1) is 23.2. The summed E-state index contributed by atoms with van der Waals surface area (Å²) in [6.07, 6.45) is 6.27. The number of halogens is 3. The molecule has 0 radical (unpaired) electrons. The number of aryl methyl sites for hydroxylation is 1. The minimum absolute atomic E-state index is 0.0692. The van der Waals surface area contributed by atoms with Gasteiger partial charge in [0.25, 0.3) is 0 Å². The van der Waals surface area contributed by atoms with Crippen LogP contribution in [0, 0.1) is 5.92 Å². The van der Waals surface area contributed by atoms with E-state index in [4.69, 9.17) is 0 Å². The third-order valence-corrected chi connectivity index (χ3v) is 7.24. The summed E-state index contributed by atoms with van der Waals surface area (Å²) in [7, 11) is 1.90. The van der Waals surface area contributed by atoms with Crippen LogP contribution in [0.1, 0.15) is 42.1 Å². The highest BCUT2D eigenvalue weighted by molar-refractivity contribution is 5.68. The SMILES string of the molecule is Cn1cnnc1[C@@H](c1cc(-c2ccncc2)cc(-n2cc3c(C(F)(F)F)cccn3c2=O)c1)C1CCC1. The molecule has 1 aromatic carbocycles. The zero-order valence-corrected chi connectivity index (χ0v) is 19.9. The highest BCUT2D eigenvalue weighted by Crippen LogP contribution is 2.44. The molecule has 7 nitrogen and oxygen atoms in total. The third-order valence-electron chi connectivity index (χ3n) is 7.24. The van der Waals surface area contributed by atoms with E-state index in [0.29, 0.717) is 11.6 Å². The van der Waals surface area contributed by atoms with Crippen molar-refractivity contribution >= 4 is 5.52 Å². The van der Waals surface area contributed by atoms with Crippen LogP contribution in [0.3, 0.4) is 0 Å². The van der Waals surface area contributed by atoms with Crippen LogP contribution in [-0.4, -0.2) is 28.7 Å². The predicted molar refractivity (Wildman–Crippen MR) is 131 cm³/mol. The lowest BCUT2D eigenvalue weighted by Crippen LogP contribution is -2.24. The Balaban J connectivity index is 1.59. The molecular formula is C27H23F3N6O. The molecule has 0 N–H and O–H groups in total. The second kappa shape index (κ2) is 8.72. The lowest BCUT2D eigenvalue weighted by Gasteiger charge is -2.34. The molecule has 5 aromatic rings. The maximum atomic E-state index is 13.7. The lowest BCUT2D eigenvalue weighted by molar-refractivity contribution is -0.136. The number of hydrogen-bond donors (Lipinski definition) is 0. The number of aromatic nitrogens is 6. The van der Waals surface area contributed by atoms with Crippen LogP contribution < -0.4 is 5.69 Å². The quantitative estimate of drug-likeness (QED) is 0.329. The summed E-state index contributed by atoms with van der Waals surface area (Å²) < 4.78 is 45.3.